The summed E-state index contributed by atoms with van der Waals surface area (Å²) < 4.78 is 5.59. The Morgan fingerprint density at radius 3 is 2.44 bits per heavy atom. The van der Waals surface area contributed by atoms with E-state index in [1.165, 1.54) is 0 Å². The number of anilines is 2. The standard InChI is InChI=1S/C20H19ClN4O2/c21-16-8-6-15(7-9-16)14-27-13-12-22-19-11-10-18(24-25-19)20(26)23-17-4-2-1-3-5-17/h1-11H,12-14H2,(H,22,25)(H,23,26). The molecule has 1 amide bonds. The zero-order valence-electron chi connectivity index (χ0n) is 14.6. The van der Waals surface area contributed by atoms with Crippen LogP contribution in [0.3, 0.4) is 0 Å². The van der Waals surface area contributed by atoms with Gasteiger partial charge in [-0.2, -0.15) is 0 Å². The van der Waals surface area contributed by atoms with Gasteiger partial charge in [-0.15, -0.1) is 10.2 Å². The Bertz CT molecular complexity index is 855. The molecule has 0 spiro atoms. The third-order valence-corrected chi connectivity index (χ3v) is 3.92. The summed E-state index contributed by atoms with van der Waals surface area (Å²) in [5.41, 5.74) is 2.03. The van der Waals surface area contributed by atoms with Crippen LogP contribution in [0.2, 0.25) is 5.02 Å². The smallest absolute Gasteiger partial charge is 0.276 e. The van der Waals surface area contributed by atoms with Crippen LogP contribution in [0, 0.1) is 0 Å². The lowest BCUT2D eigenvalue weighted by Gasteiger charge is -2.07. The summed E-state index contributed by atoms with van der Waals surface area (Å²) in [6.45, 7) is 1.61. The second kappa shape index (κ2) is 9.66. The van der Waals surface area contributed by atoms with E-state index in [2.05, 4.69) is 20.8 Å². The highest BCUT2D eigenvalue weighted by molar-refractivity contribution is 6.30. The molecule has 2 aromatic carbocycles. The molecule has 0 saturated heterocycles. The molecule has 0 aliphatic heterocycles. The quantitative estimate of drug-likeness (QED) is 0.575. The van der Waals surface area contributed by atoms with Gasteiger partial charge in [-0.25, -0.2) is 0 Å². The van der Waals surface area contributed by atoms with Gasteiger partial charge in [0, 0.05) is 17.3 Å². The Labute approximate surface area is 162 Å². The van der Waals surface area contributed by atoms with Gasteiger partial charge in [-0.3, -0.25) is 4.79 Å². The third kappa shape index (κ3) is 6.06. The van der Waals surface area contributed by atoms with E-state index in [0.29, 0.717) is 36.3 Å². The lowest BCUT2D eigenvalue weighted by atomic mass is 10.2. The maximum atomic E-state index is 12.1. The van der Waals surface area contributed by atoms with Crippen LogP contribution in [-0.4, -0.2) is 29.3 Å². The molecule has 1 heterocycles. The third-order valence-electron chi connectivity index (χ3n) is 3.66. The number of carbonyl (C=O) groups is 1. The van der Waals surface area contributed by atoms with Crippen LogP contribution in [-0.2, 0) is 11.3 Å². The van der Waals surface area contributed by atoms with Crippen molar-refractivity contribution in [3.63, 3.8) is 0 Å². The number of nitrogens with zero attached hydrogens (tertiary/aromatic N) is 2. The number of aromatic nitrogens is 2. The minimum atomic E-state index is -0.299. The van der Waals surface area contributed by atoms with Gasteiger partial charge in [-0.05, 0) is 42.0 Å². The summed E-state index contributed by atoms with van der Waals surface area (Å²) in [5, 5.41) is 14.5. The first kappa shape index (κ1) is 18.8. The fourth-order valence-electron chi connectivity index (χ4n) is 2.29. The number of amides is 1. The highest BCUT2D eigenvalue weighted by Gasteiger charge is 2.08. The molecule has 0 unspecified atom stereocenters. The molecule has 0 atom stereocenters. The van der Waals surface area contributed by atoms with Gasteiger partial charge in [0.05, 0.1) is 13.2 Å². The fraction of sp³-hybridized carbons (Fsp3) is 0.150. The van der Waals surface area contributed by atoms with Crippen molar-refractivity contribution >= 4 is 29.0 Å². The zero-order valence-corrected chi connectivity index (χ0v) is 15.3. The molecule has 0 saturated carbocycles. The van der Waals surface area contributed by atoms with Gasteiger partial charge < -0.3 is 15.4 Å². The number of ether oxygens (including phenoxy) is 1. The average molecular weight is 383 g/mol. The molecule has 27 heavy (non-hydrogen) atoms. The van der Waals surface area contributed by atoms with Gasteiger partial charge >= 0.3 is 0 Å². The second-order valence-electron chi connectivity index (χ2n) is 5.73. The van der Waals surface area contributed by atoms with Crippen molar-refractivity contribution < 1.29 is 9.53 Å². The molecule has 7 heteroatoms. The summed E-state index contributed by atoms with van der Waals surface area (Å²) >= 11 is 5.85. The molecule has 0 aliphatic rings. The monoisotopic (exact) mass is 382 g/mol. The first-order valence-corrected chi connectivity index (χ1v) is 8.85. The average Bonchev–Trinajstić information content (AvgIpc) is 2.70. The first-order chi connectivity index (χ1) is 13.2. The number of halogens is 1. The van der Waals surface area contributed by atoms with E-state index in [9.17, 15) is 4.79 Å². The summed E-state index contributed by atoms with van der Waals surface area (Å²) in [7, 11) is 0. The summed E-state index contributed by atoms with van der Waals surface area (Å²) in [6.07, 6.45) is 0. The van der Waals surface area contributed by atoms with Crippen LogP contribution >= 0.6 is 11.6 Å². The molecule has 0 aliphatic carbocycles. The zero-order chi connectivity index (χ0) is 18.9. The second-order valence-corrected chi connectivity index (χ2v) is 6.17. The van der Waals surface area contributed by atoms with E-state index < -0.39 is 0 Å². The van der Waals surface area contributed by atoms with Gasteiger partial charge in [0.25, 0.3) is 5.91 Å². The SMILES string of the molecule is O=C(Nc1ccccc1)c1ccc(NCCOCc2ccc(Cl)cc2)nn1. The van der Waals surface area contributed by atoms with Gasteiger partial charge in [0.1, 0.15) is 5.82 Å². The van der Waals surface area contributed by atoms with Crippen molar-refractivity contribution in [1.82, 2.24) is 10.2 Å². The Hall–Kier alpha value is -2.96. The molecule has 3 aromatic rings. The van der Waals surface area contributed by atoms with Crippen LogP contribution in [0.5, 0.6) is 0 Å². The van der Waals surface area contributed by atoms with Gasteiger partial charge in [0.2, 0.25) is 0 Å². The first-order valence-electron chi connectivity index (χ1n) is 8.47. The predicted octanol–water partition coefficient (Wildman–Crippen LogP) is 4.01. The highest BCUT2D eigenvalue weighted by Crippen LogP contribution is 2.10. The highest BCUT2D eigenvalue weighted by atomic mass is 35.5. The van der Waals surface area contributed by atoms with Crippen LogP contribution in [0.25, 0.3) is 0 Å². The van der Waals surface area contributed by atoms with Crippen molar-refractivity contribution in [2.45, 2.75) is 6.61 Å². The van der Waals surface area contributed by atoms with Gasteiger partial charge in [-0.1, -0.05) is 41.9 Å². The molecular weight excluding hydrogens is 364 g/mol. The summed E-state index contributed by atoms with van der Waals surface area (Å²) in [4.78, 5) is 12.1. The summed E-state index contributed by atoms with van der Waals surface area (Å²) in [6, 6.07) is 20.1. The lowest BCUT2D eigenvalue weighted by molar-refractivity contribution is 0.102. The van der Waals surface area contributed by atoms with E-state index in [0.717, 1.165) is 5.56 Å². The largest absolute Gasteiger partial charge is 0.375 e. The minimum absolute atomic E-state index is 0.253. The maximum Gasteiger partial charge on any atom is 0.276 e. The predicted molar refractivity (Wildman–Crippen MR) is 106 cm³/mol. The molecule has 0 fully saturated rings. The van der Waals surface area contributed by atoms with E-state index in [1.54, 1.807) is 12.1 Å². The van der Waals surface area contributed by atoms with Crippen molar-refractivity contribution in [2.75, 3.05) is 23.8 Å². The number of hydrogen-bond donors (Lipinski definition) is 2. The van der Waals surface area contributed by atoms with Gasteiger partial charge in [0.15, 0.2) is 5.69 Å². The molecule has 3 rings (SSSR count). The fourth-order valence-corrected chi connectivity index (χ4v) is 2.41. The molecule has 1 aromatic heterocycles. The normalized spacial score (nSPS) is 10.4. The Morgan fingerprint density at radius 2 is 1.74 bits per heavy atom. The molecule has 0 radical (unpaired) electrons. The number of benzene rings is 2. The Kier molecular flexibility index (Phi) is 6.73. The molecule has 138 valence electrons. The Balaban J connectivity index is 1.40. The molecular formula is C20H19ClN4O2. The van der Waals surface area contributed by atoms with E-state index in [-0.39, 0.29) is 11.6 Å². The molecule has 6 nitrogen and oxygen atoms in total. The maximum absolute atomic E-state index is 12.1. The van der Waals surface area contributed by atoms with Crippen LogP contribution in [0.4, 0.5) is 11.5 Å². The number of rotatable bonds is 8. The molecule has 0 bridgehead atoms. The van der Waals surface area contributed by atoms with Crippen molar-refractivity contribution in [2.24, 2.45) is 0 Å². The minimum Gasteiger partial charge on any atom is -0.375 e. The molecule has 2 N–H and O–H groups in total. The van der Waals surface area contributed by atoms with Crippen molar-refractivity contribution in [3.05, 3.63) is 83.0 Å². The van der Waals surface area contributed by atoms with Crippen LogP contribution < -0.4 is 10.6 Å². The number of carbonyl (C=O) groups excluding carboxylic acids is 1. The van der Waals surface area contributed by atoms with Crippen LogP contribution in [0.1, 0.15) is 16.1 Å². The lowest BCUT2D eigenvalue weighted by Crippen LogP contribution is -2.15. The van der Waals surface area contributed by atoms with E-state index in [4.69, 9.17) is 16.3 Å². The number of nitrogens with one attached hydrogen (secondary N) is 2. The summed E-state index contributed by atoms with van der Waals surface area (Å²) in [5.74, 6) is 0.285. The topological polar surface area (TPSA) is 76.1 Å². The van der Waals surface area contributed by atoms with E-state index in [1.807, 2.05) is 54.6 Å². The van der Waals surface area contributed by atoms with Crippen molar-refractivity contribution in [3.8, 4) is 0 Å². The number of hydrogen-bond acceptors (Lipinski definition) is 5. The van der Waals surface area contributed by atoms with Crippen LogP contribution in [0.15, 0.2) is 66.7 Å². The number of para-hydroxylation sites is 1. The van der Waals surface area contributed by atoms with Crippen molar-refractivity contribution in [1.29, 1.82) is 0 Å². The van der Waals surface area contributed by atoms with E-state index >= 15 is 0 Å². The Morgan fingerprint density at radius 1 is 0.963 bits per heavy atom.